The van der Waals surface area contributed by atoms with Crippen LogP contribution in [0, 0.1) is 0 Å². The van der Waals surface area contributed by atoms with E-state index in [1.807, 2.05) is 13.1 Å². The molecule has 0 unspecified atom stereocenters. The van der Waals surface area contributed by atoms with Crippen molar-refractivity contribution in [2.45, 2.75) is 44.9 Å². The Balaban J connectivity index is 3.14. The van der Waals surface area contributed by atoms with Gasteiger partial charge in [0, 0.05) is 12.8 Å². The van der Waals surface area contributed by atoms with Gasteiger partial charge in [-0.1, -0.05) is 12.5 Å². The topological polar surface area (TPSA) is 29.1 Å². The number of nitrogens with one attached hydrogen (secondary N) is 1. The van der Waals surface area contributed by atoms with Gasteiger partial charge in [-0.25, -0.2) is 0 Å². The van der Waals surface area contributed by atoms with Gasteiger partial charge in [0.25, 0.3) is 0 Å². The van der Waals surface area contributed by atoms with E-state index in [4.69, 9.17) is 0 Å². The van der Waals surface area contributed by atoms with Gasteiger partial charge in [0.2, 0.25) is 0 Å². The number of hydrogen-bond donors (Lipinski definition) is 1. The summed E-state index contributed by atoms with van der Waals surface area (Å²) >= 11 is 0. The van der Waals surface area contributed by atoms with E-state index >= 15 is 0 Å². The minimum atomic E-state index is 0.416. The van der Waals surface area contributed by atoms with Crippen molar-refractivity contribution in [3.05, 3.63) is 12.7 Å². The molecule has 1 N–H and O–H groups in total. The second kappa shape index (κ2) is 10.5. The summed E-state index contributed by atoms with van der Waals surface area (Å²) in [6.45, 7) is 4.62. The van der Waals surface area contributed by atoms with Crippen LogP contribution >= 0.6 is 0 Å². The molecule has 0 bridgehead atoms. The molecule has 0 radical (unpaired) electrons. The Morgan fingerprint density at radius 1 is 1.21 bits per heavy atom. The maximum atomic E-state index is 11.3. The average molecular weight is 197 g/mol. The third-order valence-electron chi connectivity index (χ3n) is 2.25. The first-order valence-electron chi connectivity index (χ1n) is 5.58. The van der Waals surface area contributed by atoms with Gasteiger partial charge < -0.3 is 5.32 Å². The molecule has 2 nitrogen and oxygen atoms in total. The van der Waals surface area contributed by atoms with Gasteiger partial charge in [-0.15, -0.1) is 6.58 Å². The molecule has 0 aliphatic carbocycles. The third kappa shape index (κ3) is 9.46. The highest BCUT2D eigenvalue weighted by Crippen LogP contribution is 2.05. The molecule has 0 aromatic rings. The molecule has 0 spiro atoms. The van der Waals surface area contributed by atoms with E-state index in [0.29, 0.717) is 5.78 Å². The van der Waals surface area contributed by atoms with E-state index in [0.717, 1.165) is 45.1 Å². The van der Waals surface area contributed by atoms with Gasteiger partial charge in [-0.05, 0) is 39.3 Å². The lowest BCUT2D eigenvalue weighted by Crippen LogP contribution is -2.09. The molecule has 0 saturated heterocycles. The number of carbonyl (C=O) groups is 1. The van der Waals surface area contributed by atoms with Crippen LogP contribution in [0.5, 0.6) is 0 Å². The van der Waals surface area contributed by atoms with Crippen molar-refractivity contribution in [1.29, 1.82) is 0 Å². The zero-order valence-corrected chi connectivity index (χ0v) is 9.35. The van der Waals surface area contributed by atoms with Crippen molar-refractivity contribution in [2.75, 3.05) is 13.6 Å². The molecule has 2 heteroatoms. The summed E-state index contributed by atoms with van der Waals surface area (Å²) in [4.78, 5) is 11.3. The maximum absolute atomic E-state index is 11.3. The Morgan fingerprint density at radius 2 is 1.93 bits per heavy atom. The van der Waals surface area contributed by atoms with Crippen LogP contribution < -0.4 is 5.32 Å². The third-order valence-corrected chi connectivity index (χ3v) is 2.25. The summed E-state index contributed by atoms with van der Waals surface area (Å²) in [6, 6.07) is 0. The van der Waals surface area contributed by atoms with E-state index in [9.17, 15) is 4.79 Å². The standard InChI is InChI=1S/C12H23NO/c1-3-4-5-6-7-9-12(14)10-8-11-13-2/h3,13H,1,4-11H2,2H3. The van der Waals surface area contributed by atoms with Crippen LogP contribution in [0.1, 0.15) is 44.9 Å². The minimum Gasteiger partial charge on any atom is -0.320 e. The van der Waals surface area contributed by atoms with Gasteiger partial charge in [-0.2, -0.15) is 0 Å². The van der Waals surface area contributed by atoms with Crippen LogP contribution in [0.15, 0.2) is 12.7 Å². The molecule has 0 rings (SSSR count). The fraction of sp³-hybridized carbons (Fsp3) is 0.750. The number of Topliss-reactive ketones (excluding diaryl/α,β-unsaturated/α-hetero) is 1. The average Bonchev–Trinajstić information content (AvgIpc) is 2.18. The Bertz CT molecular complexity index is 154. The molecule has 0 aromatic carbocycles. The van der Waals surface area contributed by atoms with Crippen molar-refractivity contribution >= 4 is 5.78 Å². The molecular weight excluding hydrogens is 174 g/mol. The van der Waals surface area contributed by atoms with Crippen LogP contribution in [0.3, 0.4) is 0 Å². The van der Waals surface area contributed by atoms with Crippen LogP contribution in [-0.4, -0.2) is 19.4 Å². The van der Waals surface area contributed by atoms with Gasteiger partial charge in [0.15, 0.2) is 0 Å². The van der Waals surface area contributed by atoms with Gasteiger partial charge in [0.05, 0.1) is 0 Å². The number of unbranched alkanes of at least 4 members (excludes halogenated alkanes) is 3. The Morgan fingerprint density at radius 3 is 2.57 bits per heavy atom. The summed E-state index contributed by atoms with van der Waals surface area (Å²) in [5, 5.41) is 3.04. The molecule has 0 aromatic heterocycles. The summed E-state index contributed by atoms with van der Waals surface area (Å²) < 4.78 is 0. The molecule has 0 heterocycles. The maximum Gasteiger partial charge on any atom is 0.132 e. The normalized spacial score (nSPS) is 10.1. The first-order chi connectivity index (χ1) is 6.81. The molecule has 0 aliphatic heterocycles. The van der Waals surface area contributed by atoms with E-state index < -0.39 is 0 Å². The quantitative estimate of drug-likeness (QED) is 0.431. The smallest absolute Gasteiger partial charge is 0.132 e. The molecule has 14 heavy (non-hydrogen) atoms. The SMILES string of the molecule is C=CCCCCCC(=O)CCCNC. The summed E-state index contributed by atoms with van der Waals surface area (Å²) in [5.41, 5.74) is 0. The van der Waals surface area contributed by atoms with Crippen LogP contribution in [0.4, 0.5) is 0 Å². The fourth-order valence-corrected chi connectivity index (χ4v) is 1.37. The highest BCUT2D eigenvalue weighted by atomic mass is 16.1. The fourth-order valence-electron chi connectivity index (χ4n) is 1.37. The van der Waals surface area contributed by atoms with E-state index in [1.165, 1.54) is 6.42 Å². The number of carbonyl (C=O) groups excluding carboxylic acids is 1. The van der Waals surface area contributed by atoms with Crippen LogP contribution in [0.25, 0.3) is 0 Å². The second-order valence-electron chi connectivity index (χ2n) is 3.63. The van der Waals surface area contributed by atoms with Gasteiger partial charge in [-0.3, -0.25) is 4.79 Å². The highest BCUT2D eigenvalue weighted by molar-refractivity contribution is 5.78. The van der Waals surface area contributed by atoms with Crippen molar-refractivity contribution < 1.29 is 4.79 Å². The Hall–Kier alpha value is -0.630. The summed E-state index contributed by atoms with van der Waals surface area (Å²) in [7, 11) is 1.92. The van der Waals surface area contributed by atoms with Gasteiger partial charge in [0.1, 0.15) is 5.78 Å². The number of rotatable bonds is 10. The molecule has 0 amide bonds. The second-order valence-corrected chi connectivity index (χ2v) is 3.63. The zero-order valence-electron chi connectivity index (χ0n) is 9.35. The van der Waals surface area contributed by atoms with Crippen molar-refractivity contribution in [2.24, 2.45) is 0 Å². The molecular formula is C12H23NO. The van der Waals surface area contributed by atoms with Crippen molar-refractivity contribution in [1.82, 2.24) is 5.32 Å². The Labute approximate surface area is 87.8 Å². The molecule has 0 aliphatic rings. The number of hydrogen-bond acceptors (Lipinski definition) is 2. The molecule has 0 atom stereocenters. The van der Waals surface area contributed by atoms with Gasteiger partial charge >= 0.3 is 0 Å². The minimum absolute atomic E-state index is 0.416. The molecule has 0 saturated carbocycles. The van der Waals surface area contributed by atoms with E-state index in [2.05, 4.69) is 11.9 Å². The lowest BCUT2D eigenvalue weighted by Gasteiger charge is -2.00. The van der Waals surface area contributed by atoms with Crippen molar-refractivity contribution in [3.8, 4) is 0 Å². The van der Waals surface area contributed by atoms with E-state index in [-0.39, 0.29) is 0 Å². The van der Waals surface area contributed by atoms with Crippen LogP contribution in [0.2, 0.25) is 0 Å². The lowest BCUT2D eigenvalue weighted by atomic mass is 10.1. The highest BCUT2D eigenvalue weighted by Gasteiger charge is 2.00. The Kier molecular flexibility index (Phi) is 9.98. The summed E-state index contributed by atoms with van der Waals surface area (Å²) in [6.07, 6.45) is 8.87. The number of allylic oxidation sites excluding steroid dienone is 1. The predicted molar refractivity (Wildman–Crippen MR) is 61.4 cm³/mol. The first kappa shape index (κ1) is 13.4. The largest absolute Gasteiger partial charge is 0.320 e. The summed E-state index contributed by atoms with van der Waals surface area (Å²) in [5.74, 6) is 0.416. The number of ketones is 1. The lowest BCUT2D eigenvalue weighted by molar-refractivity contribution is -0.119. The molecule has 82 valence electrons. The molecule has 0 fully saturated rings. The van der Waals surface area contributed by atoms with Crippen LogP contribution in [-0.2, 0) is 4.79 Å². The zero-order chi connectivity index (χ0) is 10.6. The van der Waals surface area contributed by atoms with E-state index in [1.54, 1.807) is 0 Å². The first-order valence-corrected chi connectivity index (χ1v) is 5.58. The van der Waals surface area contributed by atoms with Crippen molar-refractivity contribution in [3.63, 3.8) is 0 Å². The monoisotopic (exact) mass is 197 g/mol. The predicted octanol–water partition coefficient (Wildman–Crippen LogP) is 2.69.